The monoisotopic (exact) mass is 483 g/mol. The lowest BCUT2D eigenvalue weighted by molar-refractivity contribution is -0.132. The fraction of sp³-hybridized carbons (Fsp3) is 0.333. The van der Waals surface area contributed by atoms with Gasteiger partial charge in [-0.05, 0) is 68.9 Å². The molecule has 2 amide bonds. The van der Waals surface area contributed by atoms with Crippen LogP contribution in [0.15, 0.2) is 40.8 Å². The number of nitrogens with one attached hydrogen (secondary N) is 2. The molecule has 7 nitrogen and oxygen atoms in total. The molecule has 1 aromatic heterocycles. The van der Waals surface area contributed by atoms with Crippen LogP contribution in [0, 0.1) is 17.2 Å². The normalized spacial score (nSPS) is 16.3. The van der Waals surface area contributed by atoms with Crippen molar-refractivity contribution in [3.8, 4) is 6.07 Å². The Bertz CT molecular complexity index is 1150. The molecular weight excluding hydrogens is 458 g/mol. The number of nitrogens with zero attached hydrogens (tertiary/aromatic N) is 1. The van der Waals surface area contributed by atoms with E-state index in [1.807, 2.05) is 0 Å². The minimum absolute atomic E-state index is 0.0554. The van der Waals surface area contributed by atoms with Crippen molar-refractivity contribution < 1.29 is 19.5 Å². The van der Waals surface area contributed by atoms with Crippen molar-refractivity contribution in [1.29, 1.82) is 5.26 Å². The summed E-state index contributed by atoms with van der Waals surface area (Å²) >= 11 is 2.88. The number of hydrogen-bond donors (Lipinski definition) is 3. The summed E-state index contributed by atoms with van der Waals surface area (Å²) in [6, 6.07) is 9.22. The van der Waals surface area contributed by atoms with Gasteiger partial charge in [-0.15, -0.1) is 23.1 Å². The summed E-state index contributed by atoms with van der Waals surface area (Å²) in [6.07, 6.45) is 3.91. The number of carboxylic acids is 1. The number of rotatable bonds is 7. The number of nitriles is 1. The van der Waals surface area contributed by atoms with Crippen LogP contribution in [0.5, 0.6) is 0 Å². The zero-order valence-electron chi connectivity index (χ0n) is 18.6. The number of carbonyl (C=O) groups is 3. The number of thioether (sulfide) groups is 1. The average Bonchev–Trinajstić information content (AvgIpc) is 3.10. The van der Waals surface area contributed by atoms with Crippen LogP contribution in [0.2, 0.25) is 0 Å². The summed E-state index contributed by atoms with van der Waals surface area (Å²) < 4.78 is 0. The molecule has 0 aliphatic heterocycles. The van der Waals surface area contributed by atoms with Crippen molar-refractivity contribution in [2.45, 2.75) is 50.2 Å². The first-order valence-corrected chi connectivity index (χ1v) is 12.2. The highest BCUT2D eigenvalue weighted by molar-refractivity contribution is 8.00. The maximum atomic E-state index is 12.8. The third-order valence-corrected chi connectivity index (χ3v) is 7.63. The smallest absolute Gasteiger partial charge is 0.331 e. The second-order valence-corrected chi connectivity index (χ2v) is 10.6. The van der Waals surface area contributed by atoms with Crippen molar-refractivity contribution in [1.82, 2.24) is 0 Å². The van der Waals surface area contributed by atoms with Crippen LogP contribution in [-0.2, 0) is 27.2 Å². The summed E-state index contributed by atoms with van der Waals surface area (Å²) in [4.78, 5) is 37.5. The van der Waals surface area contributed by atoms with Gasteiger partial charge in [0.25, 0.3) is 0 Å². The largest absolute Gasteiger partial charge is 0.478 e. The Morgan fingerprint density at radius 1 is 1.27 bits per heavy atom. The Balaban J connectivity index is 1.60. The van der Waals surface area contributed by atoms with Gasteiger partial charge in [-0.25, -0.2) is 4.79 Å². The summed E-state index contributed by atoms with van der Waals surface area (Å²) in [7, 11) is 0. The fourth-order valence-corrected chi connectivity index (χ4v) is 5.71. The quantitative estimate of drug-likeness (QED) is 0.383. The van der Waals surface area contributed by atoms with Gasteiger partial charge < -0.3 is 15.7 Å². The molecule has 1 heterocycles. The maximum Gasteiger partial charge on any atom is 0.331 e. The van der Waals surface area contributed by atoms with E-state index in [9.17, 15) is 19.6 Å². The highest BCUT2D eigenvalue weighted by Gasteiger charge is 2.25. The van der Waals surface area contributed by atoms with Crippen LogP contribution < -0.4 is 10.6 Å². The van der Waals surface area contributed by atoms with Crippen LogP contribution >= 0.6 is 23.1 Å². The van der Waals surface area contributed by atoms with Crippen molar-refractivity contribution in [3.63, 3.8) is 0 Å². The molecule has 2 atom stereocenters. The summed E-state index contributed by atoms with van der Waals surface area (Å²) in [5, 5.41) is 24.2. The summed E-state index contributed by atoms with van der Waals surface area (Å²) in [5.74, 6) is -1.26. The molecule has 1 aromatic carbocycles. The number of aliphatic carboxylic acids is 1. The Hall–Kier alpha value is -3.09. The van der Waals surface area contributed by atoms with Gasteiger partial charge in [0, 0.05) is 27.1 Å². The number of hydrogen-bond acceptors (Lipinski definition) is 6. The highest BCUT2D eigenvalue weighted by atomic mass is 32.2. The van der Waals surface area contributed by atoms with E-state index < -0.39 is 17.1 Å². The van der Waals surface area contributed by atoms with Gasteiger partial charge in [-0.1, -0.05) is 6.92 Å². The van der Waals surface area contributed by atoms with E-state index in [-0.39, 0.29) is 11.5 Å². The van der Waals surface area contributed by atoms with Gasteiger partial charge in [0.05, 0.1) is 10.8 Å². The minimum Gasteiger partial charge on any atom is -0.478 e. The van der Waals surface area contributed by atoms with Gasteiger partial charge in [0.1, 0.15) is 11.1 Å². The second-order valence-electron chi connectivity index (χ2n) is 8.06. The maximum absolute atomic E-state index is 12.8. The molecule has 9 heteroatoms. The standard InChI is InChI=1S/C24H25N3O4S2/c1-13-4-9-18-19(12-25)23(33-20(18)10-13)27-22(29)15(3)32-17-7-5-16(6-8-17)26-21(28)11-14(2)24(30)31/h5-8,11,13,15H,4,9-10H2,1-3H3,(H,26,28)(H,27,29)(H,30,31)/b14-11+/t13-,15-/m1/s1. The SMILES string of the molecule is C/C(=C\C(=O)Nc1ccc(S[C@H](C)C(=O)Nc2sc3c(c2C#N)CC[C@@H](C)C3)cc1)C(=O)O. The predicted molar refractivity (Wildman–Crippen MR) is 131 cm³/mol. The van der Waals surface area contributed by atoms with Crippen LogP contribution in [0.25, 0.3) is 0 Å². The van der Waals surface area contributed by atoms with Gasteiger partial charge in [-0.3, -0.25) is 9.59 Å². The van der Waals surface area contributed by atoms with Crippen LogP contribution in [0.3, 0.4) is 0 Å². The third-order valence-electron chi connectivity index (χ3n) is 5.35. The molecule has 172 valence electrons. The molecule has 0 unspecified atom stereocenters. The molecule has 33 heavy (non-hydrogen) atoms. The van der Waals surface area contributed by atoms with Gasteiger partial charge >= 0.3 is 5.97 Å². The summed E-state index contributed by atoms with van der Waals surface area (Å²) in [6.45, 7) is 5.35. The molecule has 2 aromatic rings. The Labute approximate surface area is 200 Å². The van der Waals surface area contributed by atoms with Crippen LogP contribution in [0.4, 0.5) is 10.7 Å². The Kier molecular flexibility index (Phi) is 7.95. The van der Waals surface area contributed by atoms with Crippen LogP contribution in [-0.4, -0.2) is 28.1 Å². The minimum atomic E-state index is -1.15. The van der Waals surface area contributed by atoms with E-state index in [0.717, 1.165) is 35.8 Å². The molecule has 0 saturated heterocycles. The third kappa shape index (κ3) is 6.24. The van der Waals surface area contributed by atoms with E-state index in [4.69, 9.17) is 5.11 Å². The first-order chi connectivity index (χ1) is 15.7. The Morgan fingerprint density at radius 2 is 1.97 bits per heavy atom. The van der Waals surface area contributed by atoms with Crippen molar-refractivity contribution in [2.24, 2.45) is 5.92 Å². The zero-order chi connectivity index (χ0) is 24.1. The number of anilines is 2. The van der Waals surface area contributed by atoms with E-state index >= 15 is 0 Å². The molecular formula is C24H25N3O4S2. The number of carboxylic acid groups (broad SMARTS) is 1. The van der Waals surface area contributed by atoms with Crippen LogP contribution in [0.1, 0.15) is 43.2 Å². The van der Waals surface area contributed by atoms with E-state index in [2.05, 4.69) is 23.6 Å². The first kappa shape index (κ1) is 24.6. The van der Waals surface area contributed by atoms with Crippen molar-refractivity contribution in [2.75, 3.05) is 10.6 Å². The Morgan fingerprint density at radius 3 is 2.61 bits per heavy atom. The number of fused-ring (bicyclic) bond motifs is 1. The topological polar surface area (TPSA) is 119 Å². The zero-order valence-corrected chi connectivity index (χ0v) is 20.2. The number of benzene rings is 1. The fourth-order valence-electron chi connectivity index (χ4n) is 3.48. The lowest BCUT2D eigenvalue weighted by Gasteiger charge is -2.17. The van der Waals surface area contributed by atoms with E-state index in [0.29, 0.717) is 22.2 Å². The molecule has 3 N–H and O–H groups in total. The number of carbonyl (C=O) groups excluding carboxylic acids is 2. The van der Waals surface area contributed by atoms with Gasteiger partial charge in [-0.2, -0.15) is 5.26 Å². The number of thiophene rings is 1. The van der Waals surface area contributed by atoms with E-state index in [1.165, 1.54) is 34.9 Å². The predicted octanol–water partition coefficient (Wildman–Crippen LogP) is 4.83. The molecule has 1 aliphatic carbocycles. The molecule has 3 rings (SSSR count). The molecule has 0 saturated carbocycles. The molecule has 0 bridgehead atoms. The molecule has 0 fully saturated rings. The first-order valence-electron chi connectivity index (χ1n) is 10.5. The van der Waals surface area contributed by atoms with Crippen molar-refractivity contribution in [3.05, 3.63) is 51.9 Å². The van der Waals surface area contributed by atoms with E-state index in [1.54, 1.807) is 31.2 Å². The molecule has 1 aliphatic rings. The van der Waals surface area contributed by atoms with Gasteiger partial charge in [0.15, 0.2) is 0 Å². The van der Waals surface area contributed by atoms with Crippen molar-refractivity contribution >= 4 is 51.6 Å². The van der Waals surface area contributed by atoms with Gasteiger partial charge in [0.2, 0.25) is 11.8 Å². The summed E-state index contributed by atoms with van der Waals surface area (Å²) in [5.41, 5.74) is 2.15. The lowest BCUT2D eigenvalue weighted by atomic mass is 9.89. The number of amides is 2. The highest BCUT2D eigenvalue weighted by Crippen LogP contribution is 2.39. The molecule has 0 radical (unpaired) electrons. The lowest BCUT2D eigenvalue weighted by Crippen LogP contribution is -2.22. The molecule has 0 spiro atoms. The average molecular weight is 484 g/mol. The second kappa shape index (κ2) is 10.7.